The molecule has 0 fully saturated rings. The van der Waals surface area contributed by atoms with Gasteiger partial charge in [-0.1, -0.05) is 35.3 Å². The second-order valence-corrected chi connectivity index (χ2v) is 6.03. The van der Waals surface area contributed by atoms with Gasteiger partial charge in [-0.25, -0.2) is 8.78 Å². The summed E-state index contributed by atoms with van der Waals surface area (Å²) in [6, 6.07) is 7.49. The van der Waals surface area contributed by atoms with Crippen LogP contribution in [0.3, 0.4) is 0 Å². The zero-order valence-corrected chi connectivity index (χ0v) is 13.9. The van der Waals surface area contributed by atoms with Crippen LogP contribution in [0.15, 0.2) is 36.4 Å². The lowest BCUT2D eigenvalue weighted by Crippen LogP contribution is -2.26. The quantitative estimate of drug-likeness (QED) is 0.810. The molecule has 0 amide bonds. The van der Waals surface area contributed by atoms with Gasteiger partial charge in [0, 0.05) is 0 Å². The van der Waals surface area contributed by atoms with Crippen LogP contribution in [0.1, 0.15) is 23.0 Å². The minimum absolute atomic E-state index is 0.110. The number of carbonyl (C=O) groups excluding carboxylic acids is 1. The van der Waals surface area contributed by atoms with Crippen molar-refractivity contribution in [2.24, 2.45) is 0 Å². The van der Waals surface area contributed by atoms with Gasteiger partial charge < -0.3 is 10.2 Å². The standard InChI is InChI=1S/C17H14Cl2F2O3/c18-13-3-1-9(5-15(13)20)11(7-22)17(24)12(8-23)10-2-4-14(19)16(21)6-10/h1-6,11-12,22-23H,7-8H2. The first-order valence-corrected chi connectivity index (χ1v) is 7.80. The van der Waals surface area contributed by atoms with Gasteiger partial charge in [-0.05, 0) is 35.4 Å². The number of ketones is 1. The van der Waals surface area contributed by atoms with E-state index in [0.29, 0.717) is 0 Å². The zero-order chi connectivity index (χ0) is 17.9. The number of aliphatic hydroxyl groups excluding tert-OH is 2. The Kier molecular flexibility index (Phi) is 6.29. The third kappa shape index (κ3) is 3.92. The number of carbonyl (C=O) groups is 1. The van der Waals surface area contributed by atoms with Crippen molar-refractivity contribution >= 4 is 29.0 Å². The number of hydrogen-bond donors (Lipinski definition) is 2. The van der Waals surface area contributed by atoms with Crippen LogP contribution in [0.2, 0.25) is 10.0 Å². The van der Waals surface area contributed by atoms with E-state index in [2.05, 4.69) is 0 Å². The molecule has 0 aliphatic heterocycles. The summed E-state index contributed by atoms with van der Waals surface area (Å²) < 4.78 is 27.2. The fourth-order valence-corrected chi connectivity index (χ4v) is 2.66. The van der Waals surface area contributed by atoms with Crippen molar-refractivity contribution in [2.45, 2.75) is 11.8 Å². The lowest BCUT2D eigenvalue weighted by atomic mass is 9.84. The molecule has 3 nitrogen and oxygen atoms in total. The van der Waals surface area contributed by atoms with Crippen molar-refractivity contribution in [3.05, 3.63) is 69.2 Å². The molecule has 0 spiro atoms. The van der Waals surface area contributed by atoms with E-state index < -0.39 is 42.5 Å². The highest BCUT2D eigenvalue weighted by Gasteiger charge is 2.29. The van der Waals surface area contributed by atoms with E-state index in [1.165, 1.54) is 24.3 Å². The van der Waals surface area contributed by atoms with Crippen molar-refractivity contribution < 1.29 is 23.8 Å². The predicted molar refractivity (Wildman–Crippen MR) is 87.5 cm³/mol. The minimum Gasteiger partial charge on any atom is -0.395 e. The summed E-state index contributed by atoms with van der Waals surface area (Å²) in [5.41, 5.74) is 0.439. The maximum atomic E-state index is 13.6. The second-order valence-electron chi connectivity index (χ2n) is 5.22. The molecule has 2 atom stereocenters. The van der Waals surface area contributed by atoms with Crippen LogP contribution < -0.4 is 0 Å². The van der Waals surface area contributed by atoms with E-state index in [4.69, 9.17) is 23.2 Å². The van der Waals surface area contributed by atoms with Gasteiger partial charge in [0.25, 0.3) is 0 Å². The monoisotopic (exact) mass is 374 g/mol. The molecular weight excluding hydrogens is 361 g/mol. The van der Waals surface area contributed by atoms with Crippen molar-refractivity contribution in [1.82, 2.24) is 0 Å². The fourth-order valence-electron chi connectivity index (χ4n) is 2.42. The van der Waals surface area contributed by atoms with Crippen molar-refractivity contribution in [3.63, 3.8) is 0 Å². The normalized spacial score (nSPS) is 13.6. The van der Waals surface area contributed by atoms with Gasteiger partial charge in [0.2, 0.25) is 0 Å². The molecule has 0 bridgehead atoms. The molecule has 128 valence electrons. The van der Waals surface area contributed by atoms with E-state index in [1.807, 2.05) is 0 Å². The molecule has 24 heavy (non-hydrogen) atoms. The Hall–Kier alpha value is -1.53. The molecule has 0 heterocycles. The van der Waals surface area contributed by atoms with E-state index >= 15 is 0 Å². The van der Waals surface area contributed by atoms with Crippen LogP contribution in [0.5, 0.6) is 0 Å². The van der Waals surface area contributed by atoms with Crippen molar-refractivity contribution in [3.8, 4) is 0 Å². The first-order chi connectivity index (χ1) is 11.4. The van der Waals surface area contributed by atoms with E-state index in [9.17, 15) is 23.8 Å². The summed E-state index contributed by atoms with van der Waals surface area (Å²) in [4.78, 5) is 12.7. The van der Waals surface area contributed by atoms with Gasteiger partial charge in [0.05, 0.1) is 35.1 Å². The summed E-state index contributed by atoms with van der Waals surface area (Å²) in [5.74, 6) is -4.17. The number of benzene rings is 2. The van der Waals surface area contributed by atoms with Crippen LogP contribution in [-0.4, -0.2) is 29.2 Å². The Bertz CT molecular complexity index is 691. The molecular formula is C17H14Cl2F2O3. The third-order valence-corrected chi connectivity index (χ3v) is 4.36. The largest absolute Gasteiger partial charge is 0.395 e. The third-order valence-electron chi connectivity index (χ3n) is 3.74. The maximum Gasteiger partial charge on any atom is 0.152 e. The number of halogens is 4. The molecule has 0 saturated carbocycles. The summed E-state index contributed by atoms with van der Waals surface area (Å²) in [6.07, 6.45) is 0. The second kappa shape index (κ2) is 8.03. The van der Waals surface area contributed by atoms with Crippen LogP contribution in [-0.2, 0) is 4.79 Å². The van der Waals surface area contributed by atoms with Gasteiger partial charge in [0.1, 0.15) is 11.6 Å². The first-order valence-electron chi connectivity index (χ1n) is 7.04. The van der Waals surface area contributed by atoms with Gasteiger partial charge >= 0.3 is 0 Å². The summed E-state index contributed by atoms with van der Waals surface area (Å²) in [5, 5.41) is 18.9. The number of aliphatic hydroxyl groups is 2. The molecule has 0 aliphatic rings. The van der Waals surface area contributed by atoms with Gasteiger partial charge in [0.15, 0.2) is 5.78 Å². The van der Waals surface area contributed by atoms with Gasteiger partial charge in [-0.3, -0.25) is 4.79 Å². The molecule has 2 aromatic carbocycles. The average molecular weight is 375 g/mol. The number of hydrogen-bond acceptors (Lipinski definition) is 3. The molecule has 7 heteroatoms. The topological polar surface area (TPSA) is 57.5 Å². The number of Topliss-reactive ketones (excluding diaryl/α,β-unsaturated/α-hetero) is 1. The Labute approximate surface area is 147 Å². The summed E-state index contributed by atoms with van der Waals surface area (Å²) in [6.45, 7) is -1.18. The van der Waals surface area contributed by atoms with Crippen molar-refractivity contribution in [2.75, 3.05) is 13.2 Å². The summed E-state index contributed by atoms with van der Waals surface area (Å²) >= 11 is 11.2. The maximum absolute atomic E-state index is 13.6. The molecule has 0 aliphatic carbocycles. The Morgan fingerprint density at radius 1 is 0.875 bits per heavy atom. The van der Waals surface area contributed by atoms with E-state index in [1.54, 1.807) is 0 Å². The smallest absolute Gasteiger partial charge is 0.152 e. The molecule has 0 aromatic heterocycles. The lowest BCUT2D eigenvalue weighted by molar-refractivity contribution is -0.123. The van der Waals surface area contributed by atoms with Crippen LogP contribution in [0.25, 0.3) is 0 Å². The number of rotatable bonds is 6. The molecule has 2 unspecified atom stereocenters. The molecule has 0 saturated heterocycles. The zero-order valence-electron chi connectivity index (χ0n) is 12.3. The highest BCUT2D eigenvalue weighted by molar-refractivity contribution is 6.31. The van der Waals surface area contributed by atoms with Crippen LogP contribution >= 0.6 is 23.2 Å². The Balaban J connectivity index is 2.37. The molecule has 2 aromatic rings. The fraction of sp³-hybridized carbons (Fsp3) is 0.235. The predicted octanol–water partition coefficient (Wildman–Crippen LogP) is 3.69. The highest BCUT2D eigenvalue weighted by atomic mass is 35.5. The van der Waals surface area contributed by atoms with Crippen LogP contribution in [0, 0.1) is 11.6 Å². The SMILES string of the molecule is O=C(C(CO)c1ccc(Cl)c(F)c1)C(CO)c1ccc(Cl)c(F)c1. The minimum atomic E-state index is -1.08. The Morgan fingerprint density at radius 2 is 1.25 bits per heavy atom. The van der Waals surface area contributed by atoms with Gasteiger partial charge in [-0.2, -0.15) is 0 Å². The highest BCUT2D eigenvalue weighted by Crippen LogP contribution is 2.29. The Morgan fingerprint density at radius 3 is 1.54 bits per heavy atom. The van der Waals surface area contributed by atoms with Crippen LogP contribution in [0.4, 0.5) is 8.78 Å². The molecule has 2 N–H and O–H groups in total. The van der Waals surface area contributed by atoms with E-state index in [0.717, 1.165) is 12.1 Å². The average Bonchev–Trinajstić information content (AvgIpc) is 2.55. The summed E-state index contributed by atoms with van der Waals surface area (Å²) in [7, 11) is 0. The van der Waals surface area contributed by atoms with Crippen molar-refractivity contribution in [1.29, 1.82) is 0 Å². The van der Waals surface area contributed by atoms with Gasteiger partial charge in [-0.15, -0.1) is 0 Å². The van der Waals surface area contributed by atoms with E-state index in [-0.39, 0.29) is 21.2 Å². The lowest BCUT2D eigenvalue weighted by Gasteiger charge is -2.21. The molecule has 2 rings (SSSR count). The first kappa shape index (κ1) is 18.8. The molecule has 0 radical (unpaired) electrons.